The summed E-state index contributed by atoms with van der Waals surface area (Å²) in [6.07, 6.45) is 5.52. The van der Waals surface area contributed by atoms with Gasteiger partial charge in [-0.1, -0.05) is 12.2 Å². The number of carboxylic acid groups (broad SMARTS) is 1. The molecule has 0 saturated carbocycles. The van der Waals surface area contributed by atoms with Crippen LogP contribution in [0.3, 0.4) is 0 Å². The quantitative estimate of drug-likeness (QED) is 0.672. The van der Waals surface area contributed by atoms with E-state index < -0.39 is 17.8 Å². The molecular weight excluding hydrogens is 260 g/mol. The highest BCUT2D eigenvalue weighted by Gasteiger charge is 2.35. The summed E-state index contributed by atoms with van der Waals surface area (Å²) in [5.74, 6) is -3.12. The Morgan fingerprint density at radius 3 is 2.10 bits per heavy atom. The van der Waals surface area contributed by atoms with E-state index in [1.54, 1.807) is 11.0 Å². The first-order valence-electron chi connectivity index (χ1n) is 6.94. The van der Waals surface area contributed by atoms with Crippen LogP contribution < -0.4 is 10.8 Å². The third-order valence-electron chi connectivity index (χ3n) is 4.26. The second-order valence-corrected chi connectivity index (χ2v) is 5.48. The Balaban J connectivity index is 1.99. The highest BCUT2D eigenvalue weighted by Crippen LogP contribution is 2.28. The Labute approximate surface area is 117 Å². The fourth-order valence-electron chi connectivity index (χ4n) is 2.97. The lowest BCUT2D eigenvalue weighted by molar-refractivity contribution is -0.313. The van der Waals surface area contributed by atoms with E-state index in [0.717, 1.165) is 0 Å². The number of likely N-dealkylation sites (tertiary alicyclic amines) is 1. The van der Waals surface area contributed by atoms with Gasteiger partial charge in [-0.2, -0.15) is 0 Å². The summed E-state index contributed by atoms with van der Waals surface area (Å²) in [6, 6.07) is 0. The number of nitrogens with zero attached hydrogens (tertiary/aromatic N) is 1. The van der Waals surface area contributed by atoms with Gasteiger partial charge in [0.15, 0.2) is 0 Å². The molecule has 1 aliphatic carbocycles. The Morgan fingerprint density at radius 2 is 1.60 bits per heavy atom. The van der Waals surface area contributed by atoms with Crippen molar-refractivity contribution in [1.82, 2.24) is 4.90 Å². The second kappa shape index (κ2) is 6.07. The summed E-state index contributed by atoms with van der Waals surface area (Å²) in [7, 11) is 0. The molecule has 1 heterocycles. The molecule has 1 aliphatic heterocycles. The fourth-order valence-corrected chi connectivity index (χ4v) is 2.97. The topological polar surface area (TPSA) is 104 Å². The maximum Gasteiger partial charge on any atom is 0.226 e. The predicted molar refractivity (Wildman–Crippen MR) is 68.9 cm³/mol. The zero-order chi connectivity index (χ0) is 14.7. The van der Waals surface area contributed by atoms with Gasteiger partial charge in [-0.25, -0.2) is 0 Å². The molecular formula is C14H19N2O4-. The number of hydrogen-bond acceptors (Lipinski definition) is 4. The van der Waals surface area contributed by atoms with Crippen molar-refractivity contribution >= 4 is 17.8 Å². The fraction of sp³-hybridized carbons (Fsp3) is 0.643. The van der Waals surface area contributed by atoms with Crippen molar-refractivity contribution < 1.29 is 19.5 Å². The predicted octanol–water partition coefficient (Wildman–Crippen LogP) is -0.957. The Hall–Kier alpha value is -1.85. The molecule has 0 aromatic heterocycles. The lowest BCUT2D eigenvalue weighted by Gasteiger charge is -2.36. The summed E-state index contributed by atoms with van der Waals surface area (Å²) in [6.45, 7) is 0.929. The van der Waals surface area contributed by atoms with Crippen LogP contribution in [0.5, 0.6) is 0 Å². The third-order valence-corrected chi connectivity index (χ3v) is 4.26. The lowest BCUT2D eigenvalue weighted by Crippen LogP contribution is -2.48. The largest absolute Gasteiger partial charge is 0.550 e. The normalized spacial score (nSPS) is 27.3. The van der Waals surface area contributed by atoms with Crippen LogP contribution in [0, 0.1) is 17.8 Å². The zero-order valence-corrected chi connectivity index (χ0v) is 11.3. The first-order valence-corrected chi connectivity index (χ1v) is 6.94. The standard InChI is InChI=1S/C14H20N2O4/c15-12(17)9-5-7-16(8-6-9)13(18)10-3-1-2-4-11(10)14(19)20/h1-2,9-11H,3-8H2,(H2,15,17)(H,19,20)/p-1/t10-,11+/m0/s1. The molecule has 0 aromatic carbocycles. The molecule has 20 heavy (non-hydrogen) atoms. The summed E-state index contributed by atoms with van der Waals surface area (Å²) in [5.41, 5.74) is 5.26. The number of nitrogens with two attached hydrogens (primary N) is 1. The molecule has 6 nitrogen and oxygen atoms in total. The number of rotatable bonds is 3. The SMILES string of the molecule is NC(=O)C1CCN(C(=O)[C@H]2CC=CC[C@H]2C(=O)[O-])CC1. The molecule has 6 heteroatoms. The van der Waals surface area contributed by atoms with Crippen LogP contribution in [0.1, 0.15) is 25.7 Å². The van der Waals surface area contributed by atoms with Gasteiger partial charge in [0.05, 0.1) is 0 Å². The van der Waals surface area contributed by atoms with E-state index in [1.165, 1.54) is 0 Å². The van der Waals surface area contributed by atoms with E-state index in [1.807, 2.05) is 6.08 Å². The average molecular weight is 279 g/mol. The van der Waals surface area contributed by atoms with E-state index in [2.05, 4.69) is 0 Å². The molecule has 0 radical (unpaired) electrons. The number of primary amides is 1. The van der Waals surface area contributed by atoms with Crippen LogP contribution in [0.2, 0.25) is 0 Å². The van der Waals surface area contributed by atoms with E-state index in [-0.39, 0.29) is 17.7 Å². The zero-order valence-electron chi connectivity index (χ0n) is 11.3. The van der Waals surface area contributed by atoms with E-state index in [9.17, 15) is 19.5 Å². The number of hydrogen-bond donors (Lipinski definition) is 1. The maximum atomic E-state index is 12.4. The van der Waals surface area contributed by atoms with Crippen LogP contribution in [0.25, 0.3) is 0 Å². The molecule has 110 valence electrons. The number of amides is 2. The van der Waals surface area contributed by atoms with Gasteiger partial charge in [0.2, 0.25) is 11.8 Å². The summed E-state index contributed by atoms with van der Waals surface area (Å²) in [4.78, 5) is 36.3. The second-order valence-electron chi connectivity index (χ2n) is 5.48. The van der Waals surface area contributed by atoms with Gasteiger partial charge in [-0.15, -0.1) is 0 Å². The minimum atomic E-state index is -1.17. The molecule has 2 N–H and O–H groups in total. The summed E-state index contributed by atoms with van der Waals surface area (Å²) in [5, 5.41) is 11.1. The van der Waals surface area contributed by atoms with Gasteiger partial charge in [0.25, 0.3) is 0 Å². The van der Waals surface area contributed by atoms with Gasteiger partial charge in [0, 0.05) is 36.8 Å². The molecule has 2 atom stereocenters. The smallest absolute Gasteiger partial charge is 0.226 e. The highest BCUT2D eigenvalue weighted by atomic mass is 16.4. The molecule has 2 rings (SSSR count). The highest BCUT2D eigenvalue weighted by molar-refractivity contribution is 5.85. The average Bonchev–Trinajstić information content (AvgIpc) is 2.46. The number of allylic oxidation sites excluding steroid dienone is 2. The first-order chi connectivity index (χ1) is 9.50. The van der Waals surface area contributed by atoms with E-state index in [0.29, 0.717) is 38.8 Å². The number of carboxylic acids is 1. The molecule has 1 saturated heterocycles. The van der Waals surface area contributed by atoms with Crippen molar-refractivity contribution in [3.05, 3.63) is 12.2 Å². The van der Waals surface area contributed by atoms with Crippen molar-refractivity contribution in [3.63, 3.8) is 0 Å². The van der Waals surface area contributed by atoms with Gasteiger partial charge in [-0.05, 0) is 25.7 Å². The summed E-state index contributed by atoms with van der Waals surface area (Å²) < 4.78 is 0. The number of carbonyl (C=O) groups excluding carboxylic acids is 3. The van der Waals surface area contributed by atoms with Crippen molar-refractivity contribution in [3.8, 4) is 0 Å². The molecule has 2 amide bonds. The van der Waals surface area contributed by atoms with Gasteiger partial charge in [0.1, 0.15) is 0 Å². The number of piperidine rings is 1. The lowest BCUT2D eigenvalue weighted by atomic mass is 9.81. The van der Waals surface area contributed by atoms with E-state index in [4.69, 9.17) is 5.73 Å². The van der Waals surface area contributed by atoms with Crippen LogP contribution in [-0.2, 0) is 14.4 Å². The molecule has 0 bridgehead atoms. The van der Waals surface area contributed by atoms with Crippen molar-refractivity contribution in [2.45, 2.75) is 25.7 Å². The van der Waals surface area contributed by atoms with Crippen molar-refractivity contribution in [1.29, 1.82) is 0 Å². The van der Waals surface area contributed by atoms with E-state index >= 15 is 0 Å². The Bertz CT molecular complexity index is 438. The number of aliphatic carboxylic acids is 1. The minimum Gasteiger partial charge on any atom is -0.550 e. The Morgan fingerprint density at radius 1 is 1.05 bits per heavy atom. The van der Waals surface area contributed by atoms with Gasteiger partial charge >= 0.3 is 0 Å². The van der Waals surface area contributed by atoms with Crippen LogP contribution in [0.15, 0.2) is 12.2 Å². The molecule has 0 aromatic rings. The van der Waals surface area contributed by atoms with Crippen molar-refractivity contribution in [2.75, 3.05) is 13.1 Å². The number of carbonyl (C=O) groups is 3. The first kappa shape index (κ1) is 14.6. The Kier molecular flexibility index (Phi) is 4.42. The summed E-state index contributed by atoms with van der Waals surface area (Å²) >= 11 is 0. The molecule has 0 unspecified atom stereocenters. The molecule has 2 aliphatic rings. The maximum absolute atomic E-state index is 12.4. The monoisotopic (exact) mass is 279 g/mol. The van der Waals surface area contributed by atoms with Gasteiger partial charge in [-0.3, -0.25) is 9.59 Å². The van der Waals surface area contributed by atoms with Crippen LogP contribution in [0.4, 0.5) is 0 Å². The molecule has 0 spiro atoms. The van der Waals surface area contributed by atoms with Gasteiger partial charge < -0.3 is 20.5 Å². The van der Waals surface area contributed by atoms with Crippen LogP contribution >= 0.6 is 0 Å². The molecule has 1 fully saturated rings. The van der Waals surface area contributed by atoms with Crippen LogP contribution in [-0.4, -0.2) is 35.8 Å². The van der Waals surface area contributed by atoms with Crippen molar-refractivity contribution in [2.24, 2.45) is 23.5 Å². The minimum absolute atomic E-state index is 0.147. The third kappa shape index (κ3) is 3.00.